The van der Waals surface area contributed by atoms with Gasteiger partial charge < -0.3 is 5.11 Å². The molecule has 2 aromatic rings. The number of nitrogens with one attached hydrogen (secondary N) is 1. The molecule has 0 radical (unpaired) electrons. The minimum absolute atomic E-state index is 0.467. The van der Waals surface area contributed by atoms with E-state index in [4.69, 9.17) is 5.11 Å². The van der Waals surface area contributed by atoms with Gasteiger partial charge in [-0.05, 0) is 18.2 Å². The second-order valence-electron chi connectivity index (χ2n) is 3.74. The molecule has 21 heavy (non-hydrogen) atoms. The number of carboxylic acid groups (broad SMARTS) is 1. The van der Waals surface area contributed by atoms with Gasteiger partial charge in [0.05, 0.1) is 4.90 Å². The van der Waals surface area contributed by atoms with Crippen LogP contribution in [0.15, 0.2) is 35.5 Å². The highest BCUT2D eigenvalue weighted by molar-refractivity contribution is 7.92. The molecule has 0 bridgehead atoms. The number of hydrogen-bond donors (Lipinski definition) is 2. The van der Waals surface area contributed by atoms with E-state index in [1.807, 2.05) is 4.72 Å². The summed E-state index contributed by atoms with van der Waals surface area (Å²) >= 11 is 0. The largest absolute Gasteiger partial charge is 0.476 e. The molecule has 1 aromatic carbocycles. The van der Waals surface area contributed by atoms with E-state index in [1.54, 1.807) is 0 Å². The zero-order valence-corrected chi connectivity index (χ0v) is 10.9. The van der Waals surface area contributed by atoms with Crippen molar-refractivity contribution >= 4 is 21.8 Å². The third-order valence-corrected chi connectivity index (χ3v) is 3.67. The smallest absolute Gasteiger partial charge is 0.358 e. The summed E-state index contributed by atoms with van der Waals surface area (Å²) in [5, 5.41) is 8.87. The number of anilines is 1. The number of halogens is 2. The summed E-state index contributed by atoms with van der Waals surface area (Å²) in [6.45, 7) is 0. The van der Waals surface area contributed by atoms with E-state index in [-0.39, 0.29) is 0 Å². The number of sulfonamides is 1. The van der Waals surface area contributed by atoms with Crippen molar-refractivity contribution in [3.63, 3.8) is 0 Å². The molecule has 1 aromatic heterocycles. The average Bonchev–Trinajstić information content (AvgIpc) is 2.41. The molecule has 0 atom stereocenters. The zero-order chi connectivity index (χ0) is 15.6. The van der Waals surface area contributed by atoms with Gasteiger partial charge in [0.25, 0.3) is 10.0 Å². The van der Waals surface area contributed by atoms with Crippen molar-refractivity contribution in [1.82, 2.24) is 9.97 Å². The Kier molecular flexibility index (Phi) is 3.80. The van der Waals surface area contributed by atoms with E-state index in [0.29, 0.717) is 12.1 Å². The maximum atomic E-state index is 13.1. The standard InChI is InChI=1S/C11H7F2N3O4S/c12-7-2-1-6(5-8(7)13)21(19,20)16-10-9(11(17)18)14-3-4-15-10/h1-5H,(H,15,16)(H,17,18). The quantitative estimate of drug-likeness (QED) is 0.879. The van der Waals surface area contributed by atoms with Crippen LogP contribution in [-0.2, 0) is 10.0 Å². The first-order valence-electron chi connectivity index (χ1n) is 5.33. The number of rotatable bonds is 4. The lowest BCUT2D eigenvalue weighted by Crippen LogP contribution is -2.17. The molecule has 0 aliphatic heterocycles. The van der Waals surface area contributed by atoms with Crippen molar-refractivity contribution in [2.24, 2.45) is 0 Å². The molecule has 110 valence electrons. The predicted octanol–water partition coefficient (Wildman–Crippen LogP) is 1.25. The third-order valence-electron chi connectivity index (χ3n) is 2.33. The van der Waals surface area contributed by atoms with E-state index in [2.05, 4.69) is 9.97 Å². The summed E-state index contributed by atoms with van der Waals surface area (Å²) in [7, 11) is -4.33. The Morgan fingerprint density at radius 2 is 1.81 bits per heavy atom. The molecule has 0 spiro atoms. The molecule has 1 heterocycles. The molecule has 2 N–H and O–H groups in total. The van der Waals surface area contributed by atoms with Gasteiger partial charge in [-0.2, -0.15) is 0 Å². The maximum Gasteiger partial charge on any atom is 0.358 e. The number of aromatic carboxylic acids is 1. The Hall–Kier alpha value is -2.62. The Balaban J connectivity index is 2.42. The van der Waals surface area contributed by atoms with E-state index in [1.165, 1.54) is 0 Å². The molecular weight excluding hydrogens is 308 g/mol. The third kappa shape index (κ3) is 3.11. The number of nitrogens with zero attached hydrogens (tertiary/aromatic N) is 2. The van der Waals surface area contributed by atoms with Crippen molar-refractivity contribution in [3.05, 3.63) is 47.9 Å². The monoisotopic (exact) mass is 315 g/mol. The normalized spacial score (nSPS) is 11.1. The number of carbonyl (C=O) groups is 1. The summed E-state index contributed by atoms with van der Waals surface area (Å²) in [5.41, 5.74) is -0.622. The van der Waals surface area contributed by atoms with Crippen LogP contribution in [0.25, 0.3) is 0 Å². The van der Waals surface area contributed by atoms with Gasteiger partial charge in [-0.25, -0.2) is 32.0 Å². The van der Waals surface area contributed by atoms with Gasteiger partial charge in [0.15, 0.2) is 23.1 Å². The average molecular weight is 315 g/mol. The summed E-state index contributed by atoms with van der Waals surface area (Å²) in [5.74, 6) is -4.59. The number of hydrogen-bond acceptors (Lipinski definition) is 5. The van der Waals surface area contributed by atoms with Crippen molar-refractivity contribution in [2.45, 2.75) is 4.90 Å². The fourth-order valence-corrected chi connectivity index (χ4v) is 2.43. The highest BCUT2D eigenvalue weighted by Crippen LogP contribution is 2.18. The molecule has 0 aliphatic carbocycles. The highest BCUT2D eigenvalue weighted by atomic mass is 32.2. The molecule has 0 aliphatic rings. The summed E-state index contributed by atoms with van der Waals surface area (Å²) in [6, 6.07) is 1.94. The first-order chi connectivity index (χ1) is 9.81. The predicted molar refractivity (Wildman–Crippen MR) is 66.2 cm³/mol. The Morgan fingerprint density at radius 3 is 2.43 bits per heavy atom. The van der Waals surface area contributed by atoms with Crippen LogP contribution in [-0.4, -0.2) is 29.5 Å². The Morgan fingerprint density at radius 1 is 1.14 bits per heavy atom. The SMILES string of the molecule is O=C(O)c1nccnc1NS(=O)(=O)c1ccc(F)c(F)c1. The van der Waals surface area contributed by atoms with Crippen LogP contribution >= 0.6 is 0 Å². The van der Waals surface area contributed by atoms with Crippen molar-refractivity contribution in [1.29, 1.82) is 0 Å². The fraction of sp³-hybridized carbons (Fsp3) is 0. The minimum Gasteiger partial charge on any atom is -0.476 e. The lowest BCUT2D eigenvalue weighted by molar-refractivity contribution is 0.0691. The van der Waals surface area contributed by atoms with Gasteiger partial charge in [0.1, 0.15) is 0 Å². The molecule has 0 saturated heterocycles. The highest BCUT2D eigenvalue weighted by Gasteiger charge is 2.21. The van der Waals surface area contributed by atoms with Gasteiger partial charge in [0, 0.05) is 12.4 Å². The number of carboxylic acids is 1. The molecule has 7 nitrogen and oxygen atoms in total. The molecule has 0 fully saturated rings. The topological polar surface area (TPSA) is 109 Å². The van der Waals surface area contributed by atoms with E-state index >= 15 is 0 Å². The van der Waals surface area contributed by atoms with Gasteiger partial charge in [-0.3, -0.25) is 4.72 Å². The first kappa shape index (κ1) is 14.8. The van der Waals surface area contributed by atoms with Crippen LogP contribution in [0, 0.1) is 11.6 Å². The van der Waals surface area contributed by atoms with Crippen LogP contribution in [0.5, 0.6) is 0 Å². The second-order valence-corrected chi connectivity index (χ2v) is 5.42. The lowest BCUT2D eigenvalue weighted by atomic mass is 10.3. The van der Waals surface area contributed by atoms with Crippen molar-refractivity contribution in [3.8, 4) is 0 Å². The molecular formula is C11H7F2N3O4S. The first-order valence-corrected chi connectivity index (χ1v) is 6.82. The molecule has 10 heteroatoms. The van der Waals surface area contributed by atoms with E-state index < -0.39 is 44.0 Å². The molecule has 0 saturated carbocycles. The maximum absolute atomic E-state index is 13.1. The van der Waals surface area contributed by atoms with E-state index in [9.17, 15) is 22.0 Å². The zero-order valence-electron chi connectivity index (χ0n) is 10.1. The summed E-state index contributed by atoms with van der Waals surface area (Å²) in [6.07, 6.45) is 2.15. The number of benzene rings is 1. The Bertz CT molecular complexity index is 811. The van der Waals surface area contributed by atoms with Crippen LogP contribution in [0.4, 0.5) is 14.6 Å². The van der Waals surface area contributed by atoms with Crippen LogP contribution in [0.2, 0.25) is 0 Å². The second kappa shape index (κ2) is 5.40. The van der Waals surface area contributed by atoms with Gasteiger partial charge >= 0.3 is 5.97 Å². The Labute approximate surface area is 117 Å². The summed E-state index contributed by atoms with van der Waals surface area (Å²) < 4.78 is 51.7. The summed E-state index contributed by atoms with van der Waals surface area (Å²) in [4.78, 5) is 17.3. The van der Waals surface area contributed by atoms with Crippen molar-refractivity contribution < 1.29 is 27.1 Å². The van der Waals surface area contributed by atoms with Crippen LogP contribution in [0.3, 0.4) is 0 Å². The molecule has 0 amide bonds. The van der Waals surface area contributed by atoms with Crippen LogP contribution in [0.1, 0.15) is 10.5 Å². The fourth-order valence-electron chi connectivity index (χ4n) is 1.40. The van der Waals surface area contributed by atoms with E-state index in [0.717, 1.165) is 18.5 Å². The number of aromatic nitrogens is 2. The molecule has 2 rings (SSSR count). The van der Waals surface area contributed by atoms with Crippen molar-refractivity contribution in [2.75, 3.05) is 4.72 Å². The lowest BCUT2D eigenvalue weighted by Gasteiger charge is -2.08. The van der Waals surface area contributed by atoms with Crippen LogP contribution < -0.4 is 4.72 Å². The minimum atomic E-state index is -4.33. The van der Waals surface area contributed by atoms with Gasteiger partial charge in [0.2, 0.25) is 0 Å². The molecule has 0 unspecified atom stereocenters. The van der Waals surface area contributed by atoms with Gasteiger partial charge in [-0.1, -0.05) is 0 Å². The van der Waals surface area contributed by atoms with Gasteiger partial charge in [-0.15, -0.1) is 0 Å².